The largest absolute Gasteiger partial charge is 0.103 e. The van der Waals surface area contributed by atoms with Crippen molar-refractivity contribution in [3.05, 3.63) is 140 Å². The first-order valence-corrected chi connectivity index (χ1v) is 13.7. The minimum atomic E-state index is 0.257. The Morgan fingerprint density at radius 2 is 1.45 bits per heavy atom. The summed E-state index contributed by atoms with van der Waals surface area (Å²) in [5.74, 6) is 0.257. The zero-order valence-electron chi connectivity index (χ0n) is 23.2. The van der Waals surface area contributed by atoms with Crippen LogP contribution in [0.1, 0.15) is 38.3 Å². The number of rotatable bonds is 7. The number of hydrogen-bond donors (Lipinski definition) is 0. The third-order valence-electron chi connectivity index (χ3n) is 6.92. The summed E-state index contributed by atoms with van der Waals surface area (Å²) in [5, 5.41) is 7.62. The number of benzene rings is 5. The van der Waals surface area contributed by atoms with Gasteiger partial charge in [0.2, 0.25) is 0 Å². The van der Waals surface area contributed by atoms with Crippen LogP contribution in [0.25, 0.3) is 49.0 Å². The monoisotopic (exact) mass is 494 g/mol. The Morgan fingerprint density at radius 3 is 2.18 bits per heavy atom. The smallest absolute Gasteiger partial charge is 0.00261 e. The Labute approximate surface area is 228 Å². The molecule has 0 saturated carbocycles. The molecule has 0 saturated heterocycles. The van der Waals surface area contributed by atoms with Crippen LogP contribution >= 0.6 is 0 Å². The molecule has 0 radical (unpaired) electrons. The van der Waals surface area contributed by atoms with Gasteiger partial charge in [-0.15, -0.1) is 13.2 Å². The van der Waals surface area contributed by atoms with Crippen LogP contribution in [0.5, 0.6) is 0 Å². The van der Waals surface area contributed by atoms with Gasteiger partial charge in [-0.05, 0) is 79.9 Å². The van der Waals surface area contributed by atoms with E-state index in [0.717, 1.165) is 6.42 Å². The molecule has 0 aromatic heterocycles. The Hall–Kier alpha value is -4.16. The first-order valence-electron chi connectivity index (χ1n) is 13.7. The van der Waals surface area contributed by atoms with E-state index in [1.807, 2.05) is 26.0 Å². The summed E-state index contributed by atoms with van der Waals surface area (Å²) < 4.78 is 0. The molecule has 5 aromatic rings. The second-order valence-corrected chi connectivity index (χ2v) is 9.55. The minimum absolute atomic E-state index is 0.257. The Morgan fingerprint density at radius 1 is 0.763 bits per heavy atom. The summed E-state index contributed by atoms with van der Waals surface area (Å²) in [7, 11) is 0. The first kappa shape index (κ1) is 26.9. The van der Waals surface area contributed by atoms with Crippen molar-refractivity contribution in [1.29, 1.82) is 0 Å². The summed E-state index contributed by atoms with van der Waals surface area (Å²) in [5.41, 5.74) is 6.30. The van der Waals surface area contributed by atoms with Crippen LogP contribution in [0, 0.1) is 12.8 Å². The SMILES string of the molecule is C=CC/C=C\C(=C/[C@H](C)C=C)c1c2ccccc2c(-c2ccc3ccccc3c2)c2ccc(C)cc12.CC. The van der Waals surface area contributed by atoms with E-state index in [1.165, 1.54) is 60.1 Å². The van der Waals surface area contributed by atoms with Crippen molar-refractivity contribution in [1.82, 2.24) is 0 Å². The summed E-state index contributed by atoms with van der Waals surface area (Å²) >= 11 is 0. The lowest BCUT2D eigenvalue weighted by Crippen LogP contribution is -1.95. The molecular weight excluding hydrogens is 456 g/mol. The van der Waals surface area contributed by atoms with E-state index in [1.54, 1.807) is 0 Å². The van der Waals surface area contributed by atoms with Crippen LogP contribution in [-0.4, -0.2) is 0 Å². The van der Waals surface area contributed by atoms with Crippen LogP contribution in [-0.2, 0) is 0 Å². The highest BCUT2D eigenvalue weighted by Gasteiger charge is 2.17. The molecule has 0 fully saturated rings. The maximum atomic E-state index is 4.04. The molecule has 0 bridgehead atoms. The molecule has 0 N–H and O–H groups in total. The molecule has 0 aliphatic heterocycles. The van der Waals surface area contributed by atoms with Crippen molar-refractivity contribution < 1.29 is 0 Å². The fourth-order valence-corrected chi connectivity index (χ4v) is 5.12. The van der Waals surface area contributed by atoms with Gasteiger partial charge in [0.15, 0.2) is 0 Å². The molecule has 38 heavy (non-hydrogen) atoms. The Kier molecular flexibility index (Phi) is 8.77. The number of aryl methyl sites for hydroxylation is 1. The Bertz CT molecular complexity index is 1660. The minimum Gasteiger partial charge on any atom is -0.103 e. The van der Waals surface area contributed by atoms with Gasteiger partial charge in [-0.1, -0.05) is 136 Å². The van der Waals surface area contributed by atoms with Crippen LogP contribution in [0.15, 0.2) is 128 Å². The lowest BCUT2D eigenvalue weighted by atomic mass is 9.84. The highest BCUT2D eigenvalue weighted by Crippen LogP contribution is 2.43. The molecule has 0 unspecified atom stereocenters. The van der Waals surface area contributed by atoms with Gasteiger partial charge in [0.25, 0.3) is 0 Å². The van der Waals surface area contributed by atoms with Crippen LogP contribution in [0.2, 0.25) is 0 Å². The molecule has 0 aliphatic rings. The van der Waals surface area contributed by atoms with Crippen molar-refractivity contribution >= 4 is 37.9 Å². The van der Waals surface area contributed by atoms with Crippen molar-refractivity contribution in [3.8, 4) is 11.1 Å². The van der Waals surface area contributed by atoms with Crippen molar-refractivity contribution in [2.45, 2.75) is 34.1 Å². The van der Waals surface area contributed by atoms with Gasteiger partial charge in [-0.3, -0.25) is 0 Å². The number of allylic oxidation sites excluding steroid dienone is 6. The average Bonchev–Trinajstić information content (AvgIpc) is 2.96. The fourth-order valence-electron chi connectivity index (χ4n) is 5.12. The third-order valence-corrected chi connectivity index (χ3v) is 6.92. The van der Waals surface area contributed by atoms with Crippen LogP contribution < -0.4 is 0 Å². The van der Waals surface area contributed by atoms with Crippen molar-refractivity contribution in [3.63, 3.8) is 0 Å². The molecule has 1 atom stereocenters. The van der Waals surface area contributed by atoms with E-state index in [0.29, 0.717) is 0 Å². The normalized spacial score (nSPS) is 12.5. The highest BCUT2D eigenvalue weighted by atomic mass is 14.2. The van der Waals surface area contributed by atoms with Crippen LogP contribution in [0.3, 0.4) is 0 Å². The lowest BCUT2D eigenvalue weighted by molar-refractivity contribution is 0.947. The van der Waals surface area contributed by atoms with Gasteiger partial charge < -0.3 is 0 Å². The topological polar surface area (TPSA) is 0 Å². The van der Waals surface area contributed by atoms with Gasteiger partial charge in [0.05, 0.1) is 0 Å². The molecule has 5 rings (SSSR count). The first-order chi connectivity index (χ1) is 18.6. The molecular formula is C38H38. The zero-order chi connectivity index (χ0) is 27.1. The highest BCUT2D eigenvalue weighted by molar-refractivity contribution is 6.20. The number of hydrogen-bond acceptors (Lipinski definition) is 0. The second kappa shape index (κ2) is 12.4. The molecule has 0 spiro atoms. The average molecular weight is 495 g/mol. The fraction of sp³-hybridized carbons (Fsp3) is 0.158. The standard InChI is InChI=1S/C36H32.C2H6/c1-5-7-8-15-29(22-25(3)6-2)36-32-17-12-11-16-31(32)35(33-21-18-26(4)23-34(33)36)30-20-19-27-13-9-10-14-28(27)24-30;1-2/h5-6,8-25H,1-2,7H2,3-4H3;1-2H3/b15-8-,29-22+;/t25-;/m1./s1. The molecule has 0 aliphatic carbocycles. The van der Waals surface area contributed by atoms with Gasteiger partial charge >= 0.3 is 0 Å². The molecule has 5 aromatic carbocycles. The maximum Gasteiger partial charge on any atom is -0.00261 e. The molecule has 0 amide bonds. The van der Waals surface area contributed by atoms with E-state index in [9.17, 15) is 0 Å². The summed E-state index contributed by atoms with van der Waals surface area (Å²) in [6.45, 7) is 16.3. The van der Waals surface area contributed by atoms with Crippen LogP contribution in [0.4, 0.5) is 0 Å². The maximum absolute atomic E-state index is 4.04. The Balaban J connectivity index is 0.00000164. The van der Waals surface area contributed by atoms with Gasteiger partial charge in [-0.2, -0.15) is 0 Å². The van der Waals surface area contributed by atoms with E-state index in [-0.39, 0.29) is 5.92 Å². The molecule has 0 nitrogen and oxygen atoms in total. The second-order valence-electron chi connectivity index (χ2n) is 9.55. The lowest BCUT2D eigenvalue weighted by Gasteiger charge is -2.19. The van der Waals surface area contributed by atoms with Crippen molar-refractivity contribution in [2.75, 3.05) is 0 Å². The predicted molar refractivity (Wildman–Crippen MR) is 172 cm³/mol. The molecule has 0 heteroatoms. The summed E-state index contributed by atoms with van der Waals surface area (Å²) in [6.07, 6.45) is 11.5. The van der Waals surface area contributed by atoms with Gasteiger partial charge in [-0.25, -0.2) is 0 Å². The molecule has 0 heterocycles. The van der Waals surface area contributed by atoms with E-state index < -0.39 is 0 Å². The number of fused-ring (bicyclic) bond motifs is 3. The van der Waals surface area contributed by atoms with E-state index >= 15 is 0 Å². The third kappa shape index (κ3) is 5.41. The quantitative estimate of drug-likeness (QED) is 0.120. The summed E-state index contributed by atoms with van der Waals surface area (Å²) in [4.78, 5) is 0. The van der Waals surface area contributed by atoms with Gasteiger partial charge in [0, 0.05) is 0 Å². The van der Waals surface area contributed by atoms with Gasteiger partial charge in [0.1, 0.15) is 0 Å². The van der Waals surface area contributed by atoms with E-state index in [4.69, 9.17) is 0 Å². The van der Waals surface area contributed by atoms with E-state index in [2.05, 4.69) is 130 Å². The molecule has 190 valence electrons. The van der Waals surface area contributed by atoms with Crippen molar-refractivity contribution in [2.24, 2.45) is 5.92 Å². The summed E-state index contributed by atoms with van der Waals surface area (Å²) in [6, 6.07) is 31.1. The zero-order valence-corrected chi connectivity index (χ0v) is 23.2. The predicted octanol–water partition coefficient (Wildman–Crippen LogP) is 11.5.